The number of hydrogen-bond acceptors (Lipinski definition) is 3. The summed E-state index contributed by atoms with van der Waals surface area (Å²) in [6, 6.07) is 68.4. The second kappa shape index (κ2) is 13.0. The van der Waals surface area contributed by atoms with Crippen LogP contribution in [0.15, 0.2) is 197 Å². The molecule has 3 nitrogen and oxygen atoms in total. The van der Waals surface area contributed by atoms with Gasteiger partial charge in [-0.1, -0.05) is 161 Å². The van der Waals surface area contributed by atoms with E-state index >= 15 is 0 Å². The molecule has 2 aliphatic rings. The molecule has 0 bridgehead atoms. The molecular weight excluding hydrogens is 767 g/mol. The smallest absolute Gasteiger partial charge is 0.144 e. The quantitative estimate of drug-likeness (QED) is 0.173. The van der Waals surface area contributed by atoms with Gasteiger partial charge in [-0.05, 0) is 116 Å². The van der Waals surface area contributed by atoms with Crippen LogP contribution in [0.3, 0.4) is 0 Å². The second-order valence-electron chi connectivity index (χ2n) is 18.4. The molecule has 0 unspecified atom stereocenters. The van der Waals surface area contributed by atoms with Crippen LogP contribution in [0.5, 0.6) is 0 Å². The Labute approximate surface area is 366 Å². The van der Waals surface area contributed by atoms with E-state index in [-0.39, 0.29) is 10.8 Å². The lowest BCUT2D eigenvalue weighted by Crippen LogP contribution is -2.18. The van der Waals surface area contributed by atoms with Crippen LogP contribution in [-0.4, -0.2) is 0 Å². The van der Waals surface area contributed by atoms with E-state index in [0.717, 1.165) is 77.6 Å². The van der Waals surface area contributed by atoms with E-state index in [9.17, 15) is 0 Å². The van der Waals surface area contributed by atoms with E-state index in [0.29, 0.717) is 0 Å². The minimum absolute atomic E-state index is 0.167. The van der Waals surface area contributed by atoms with Crippen LogP contribution in [0.1, 0.15) is 49.9 Å². The molecule has 0 amide bonds. The molecule has 2 aliphatic carbocycles. The highest BCUT2D eigenvalue weighted by atomic mass is 16.3. The van der Waals surface area contributed by atoms with Crippen LogP contribution >= 0.6 is 0 Å². The third kappa shape index (κ3) is 5.08. The summed E-state index contributed by atoms with van der Waals surface area (Å²) < 4.78 is 14.0. The first kappa shape index (κ1) is 36.1. The van der Waals surface area contributed by atoms with Gasteiger partial charge in [-0.25, -0.2) is 0 Å². The summed E-state index contributed by atoms with van der Waals surface area (Å²) >= 11 is 0. The normalized spacial score (nSPS) is 14.3. The first-order valence-corrected chi connectivity index (χ1v) is 22.0. The van der Waals surface area contributed by atoms with Crippen LogP contribution in [0, 0.1) is 0 Å². The Kier molecular flexibility index (Phi) is 7.42. The predicted octanol–water partition coefficient (Wildman–Crippen LogP) is 16.9. The zero-order valence-electron chi connectivity index (χ0n) is 35.7. The van der Waals surface area contributed by atoms with Crippen LogP contribution in [0.25, 0.3) is 88.4 Å². The molecule has 0 radical (unpaired) electrons. The van der Waals surface area contributed by atoms with E-state index in [1.807, 2.05) is 6.07 Å². The Morgan fingerprint density at radius 2 is 0.921 bits per heavy atom. The van der Waals surface area contributed by atoms with Crippen molar-refractivity contribution in [1.29, 1.82) is 0 Å². The summed E-state index contributed by atoms with van der Waals surface area (Å²) in [6.07, 6.45) is 0. The standard InChI is InChI=1S/C60H43NO2/c1-59(2)47-23-11-8-20-41(47)43-30-28-39(33-49(43)59)61(40-29-31-44-42-21-9-12-24-48(42)60(3,4)50(44)34-40)51-25-15-27-53-56(51)46-35-54-57(45-22-10-13-26-52(45)62-54)55(58(46)63-53)38-19-14-18-37(32-38)36-16-6-5-7-17-36/h5-35H,1-4H3. The van der Waals surface area contributed by atoms with Gasteiger partial charge in [-0.2, -0.15) is 0 Å². The molecule has 11 aromatic rings. The highest BCUT2D eigenvalue weighted by molar-refractivity contribution is 6.25. The van der Waals surface area contributed by atoms with Crippen molar-refractivity contribution in [2.45, 2.75) is 38.5 Å². The summed E-state index contributed by atoms with van der Waals surface area (Å²) in [4.78, 5) is 2.47. The van der Waals surface area contributed by atoms with Crippen LogP contribution in [0.4, 0.5) is 17.1 Å². The third-order valence-corrected chi connectivity index (χ3v) is 14.3. The Morgan fingerprint density at radius 1 is 0.365 bits per heavy atom. The largest absolute Gasteiger partial charge is 0.456 e. The first-order chi connectivity index (χ1) is 30.8. The fraction of sp³-hybridized carbons (Fsp3) is 0.100. The van der Waals surface area contributed by atoms with Crippen molar-refractivity contribution in [3.8, 4) is 44.5 Å². The van der Waals surface area contributed by atoms with E-state index < -0.39 is 0 Å². The lowest BCUT2D eigenvalue weighted by molar-refractivity contribution is 0.660. The second-order valence-corrected chi connectivity index (χ2v) is 18.4. The fourth-order valence-corrected chi connectivity index (χ4v) is 11.2. The highest BCUT2D eigenvalue weighted by Crippen LogP contribution is 2.55. The molecule has 3 heteroatoms. The molecule has 63 heavy (non-hydrogen) atoms. The highest BCUT2D eigenvalue weighted by Gasteiger charge is 2.38. The van der Waals surface area contributed by atoms with Gasteiger partial charge in [0.2, 0.25) is 0 Å². The first-order valence-electron chi connectivity index (χ1n) is 22.0. The Balaban J connectivity index is 1.10. The molecule has 2 heterocycles. The molecular formula is C60H43NO2. The lowest BCUT2D eigenvalue weighted by atomic mass is 9.82. The lowest BCUT2D eigenvalue weighted by Gasteiger charge is -2.30. The van der Waals surface area contributed by atoms with Crippen molar-refractivity contribution in [2.75, 3.05) is 4.90 Å². The maximum Gasteiger partial charge on any atom is 0.144 e. The van der Waals surface area contributed by atoms with Gasteiger partial charge in [0.15, 0.2) is 0 Å². The van der Waals surface area contributed by atoms with E-state index in [1.54, 1.807) is 0 Å². The number of nitrogens with zero attached hydrogens (tertiary/aromatic N) is 1. The number of furan rings is 2. The number of para-hydroxylation sites is 1. The molecule has 0 aliphatic heterocycles. The zero-order valence-corrected chi connectivity index (χ0v) is 35.7. The van der Waals surface area contributed by atoms with Gasteiger partial charge in [0.25, 0.3) is 0 Å². The molecule has 0 spiro atoms. The number of fused-ring (bicyclic) bond motifs is 12. The average molecular weight is 810 g/mol. The minimum atomic E-state index is -0.167. The molecule has 0 saturated heterocycles. The molecule has 0 saturated carbocycles. The van der Waals surface area contributed by atoms with Gasteiger partial charge in [-0.15, -0.1) is 0 Å². The Bertz CT molecular complexity index is 3590. The monoisotopic (exact) mass is 809 g/mol. The molecule has 0 atom stereocenters. The molecule has 13 rings (SSSR count). The maximum absolute atomic E-state index is 7.20. The number of anilines is 3. The zero-order chi connectivity index (χ0) is 42.2. The Morgan fingerprint density at radius 3 is 1.62 bits per heavy atom. The topological polar surface area (TPSA) is 29.5 Å². The Hall–Kier alpha value is -7.62. The molecule has 0 N–H and O–H groups in total. The van der Waals surface area contributed by atoms with Crippen LogP contribution in [-0.2, 0) is 10.8 Å². The van der Waals surface area contributed by atoms with Crippen molar-refractivity contribution in [2.24, 2.45) is 0 Å². The molecule has 2 aromatic heterocycles. The van der Waals surface area contributed by atoms with Gasteiger partial charge in [0.1, 0.15) is 22.3 Å². The van der Waals surface area contributed by atoms with Crippen molar-refractivity contribution in [3.63, 3.8) is 0 Å². The SMILES string of the molecule is CC1(C)c2ccccc2-c2ccc(N(c3ccc4c(c3)C(C)(C)c3ccccc3-4)c3cccc4oc5c(-c6cccc(-c7ccccc7)c6)c6c(cc5c34)oc3ccccc36)cc21. The summed E-state index contributed by atoms with van der Waals surface area (Å²) in [7, 11) is 0. The minimum Gasteiger partial charge on any atom is -0.456 e. The van der Waals surface area contributed by atoms with Crippen LogP contribution < -0.4 is 4.90 Å². The van der Waals surface area contributed by atoms with E-state index in [4.69, 9.17) is 8.83 Å². The third-order valence-electron chi connectivity index (χ3n) is 14.3. The van der Waals surface area contributed by atoms with Crippen LogP contribution in [0.2, 0.25) is 0 Å². The number of rotatable bonds is 5. The van der Waals surface area contributed by atoms with E-state index in [2.05, 4.69) is 215 Å². The molecule has 0 fully saturated rings. The van der Waals surface area contributed by atoms with Crippen molar-refractivity contribution >= 4 is 60.9 Å². The van der Waals surface area contributed by atoms with Crippen molar-refractivity contribution in [3.05, 3.63) is 210 Å². The average Bonchev–Trinajstić information content (AvgIpc) is 4.01. The van der Waals surface area contributed by atoms with Crippen molar-refractivity contribution in [1.82, 2.24) is 0 Å². The van der Waals surface area contributed by atoms with Gasteiger partial charge < -0.3 is 13.7 Å². The molecule has 300 valence electrons. The fourth-order valence-electron chi connectivity index (χ4n) is 11.2. The summed E-state index contributed by atoms with van der Waals surface area (Å²) in [5, 5.41) is 4.18. The van der Waals surface area contributed by atoms with Gasteiger partial charge in [-0.3, -0.25) is 0 Å². The predicted molar refractivity (Wildman–Crippen MR) is 262 cm³/mol. The summed E-state index contributed by atoms with van der Waals surface area (Å²) in [5.41, 5.74) is 21.3. The van der Waals surface area contributed by atoms with Gasteiger partial charge in [0.05, 0.1) is 11.1 Å². The number of hydrogen-bond donors (Lipinski definition) is 0. The summed E-state index contributed by atoms with van der Waals surface area (Å²) in [6.45, 7) is 9.44. The number of benzene rings is 9. The molecule has 9 aromatic carbocycles. The van der Waals surface area contributed by atoms with Gasteiger partial charge >= 0.3 is 0 Å². The van der Waals surface area contributed by atoms with Crippen molar-refractivity contribution < 1.29 is 8.83 Å². The van der Waals surface area contributed by atoms with E-state index in [1.165, 1.54) is 50.1 Å². The maximum atomic E-state index is 7.20. The van der Waals surface area contributed by atoms with Gasteiger partial charge in [0, 0.05) is 43.9 Å². The summed E-state index contributed by atoms with van der Waals surface area (Å²) in [5.74, 6) is 0.